The van der Waals surface area contributed by atoms with Crippen molar-refractivity contribution in [3.05, 3.63) is 29.3 Å². The van der Waals surface area contributed by atoms with Crippen LogP contribution in [0.25, 0.3) is 0 Å². The maximum Gasteiger partial charge on any atom is 0.190 e. The number of aliphatic imine (C=N–C) groups is 1. The SMILES string of the molecule is CN=C(NC)NCCN1CCN(c2cccc(Cl)c2)CC1. The van der Waals surface area contributed by atoms with Crippen molar-refractivity contribution in [2.45, 2.75) is 0 Å². The lowest BCUT2D eigenvalue weighted by molar-refractivity contribution is 0.261. The molecule has 1 fully saturated rings. The lowest BCUT2D eigenvalue weighted by Crippen LogP contribution is -2.49. The van der Waals surface area contributed by atoms with Crippen LogP contribution in [-0.2, 0) is 0 Å². The smallest absolute Gasteiger partial charge is 0.190 e. The molecule has 0 spiro atoms. The molecule has 0 aliphatic carbocycles. The average molecular weight is 310 g/mol. The molecule has 0 bridgehead atoms. The van der Waals surface area contributed by atoms with Gasteiger partial charge in [0.05, 0.1) is 0 Å². The van der Waals surface area contributed by atoms with E-state index in [0.29, 0.717) is 0 Å². The van der Waals surface area contributed by atoms with Crippen molar-refractivity contribution in [2.24, 2.45) is 4.99 Å². The summed E-state index contributed by atoms with van der Waals surface area (Å²) in [6.45, 7) is 6.18. The molecule has 2 rings (SSSR count). The third-order valence-corrected chi connectivity index (χ3v) is 3.96. The van der Waals surface area contributed by atoms with Gasteiger partial charge in [-0.1, -0.05) is 17.7 Å². The van der Waals surface area contributed by atoms with Crippen LogP contribution in [0, 0.1) is 0 Å². The molecule has 1 aliphatic heterocycles. The van der Waals surface area contributed by atoms with Gasteiger partial charge in [0.15, 0.2) is 5.96 Å². The molecule has 5 nitrogen and oxygen atoms in total. The molecule has 0 atom stereocenters. The molecule has 1 saturated heterocycles. The Morgan fingerprint density at radius 2 is 2.05 bits per heavy atom. The largest absolute Gasteiger partial charge is 0.369 e. The number of guanidine groups is 1. The van der Waals surface area contributed by atoms with Crippen molar-refractivity contribution in [3.63, 3.8) is 0 Å². The fourth-order valence-electron chi connectivity index (χ4n) is 2.51. The summed E-state index contributed by atoms with van der Waals surface area (Å²) in [7, 11) is 3.65. The van der Waals surface area contributed by atoms with Crippen LogP contribution in [0.5, 0.6) is 0 Å². The van der Waals surface area contributed by atoms with E-state index in [0.717, 1.165) is 50.3 Å². The van der Waals surface area contributed by atoms with Gasteiger partial charge in [0.25, 0.3) is 0 Å². The molecule has 0 radical (unpaired) electrons. The fraction of sp³-hybridized carbons (Fsp3) is 0.533. The summed E-state index contributed by atoms with van der Waals surface area (Å²) in [5.41, 5.74) is 1.22. The molecule has 1 aliphatic rings. The monoisotopic (exact) mass is 309 g/mol. The lowest BCUT2D eigenvalue weighted by atomic mass is 10.2. The third kappa shape index (κ3) is 4.79. The number of halogens is 1. The van der Waals surface area contributed by atoms with Gasteiger partial charge in [0.1, 0.15) is 0 Å². The number of anilines is 1. The van der Waals surface area contributed by atoms with E-state index < -0.39 is 0 Å². The van der Waals surface area contributed by atoms with E-state index >= 15 is 0 Å². The van der Waals surface area contributed by atoms with Crippen molar-refractivity contribution in [2.75, 3.05) is 58.3 Å². The molecule has 0 amide bonds. The van der Waals surface area contributed by atoms with Crippen molar-refractivity contribution in [1.82, 2.24) is 15.5 Å². The van der Waals surface area contributed by atoms with Crippen molar-refractivity contribution in [1.29, 1.82) is 0 Å². The fourth-order valence-corrected chi connectivity index (χ4v) is 2.70. The number of nitrogens with zero attached hydrogens (tertiary/aromatic N) is 3. The van der Waals surface area contributed by atoms with Crippen molar-refractivity contribution in [3.8, 4) is 0 Å². The molecule has 0 aromatic heterocycles. The van der Waals surface area contributed by atoms with E-state index in [-0.39, 0.29) is 0 Å². The van der Waals surface area contributed by atoms with Crippen LogP contribution >= 0.6 is 11.6 Å². The lowest BCUT2D eigenvalue weighted by Gasteiger charge is -2.36. The van der Waals surface area contributed by atoms with Crippen LogP contribution in [-0.4, -0.2) is 64.2 Å². The number of rotatable bonds is 4. The molecule has 116 valence electrons. The predicted molar refractivity (Wildman–Crippen MR) is 90.5 cm³/mol. The number of hydrogen-bond acceptors (Lipinski definition) is 3. The highest BCUT2D eigenvalue weighted by molar-refractivity contribution is 6.30. The molecular formula is C15H24ClN5. The highest BCUT2D eigenvalue weighted by Crippen LogP contribution is 2.20. The minimum atomic E-state index is 0.803. The minimum Gasteiger partial charge on any atom is -0.369 e. The van der Waals surface area contributed by atoms with Crippen LogP contribution in [0.2, 0.25) is 5.02 Å². The Labute approximate surface area is 132 Å². The normalized spacial score (nSPS) is 16.9. The summed E-state index contributed by atoms with van der Waals surface area (Å²) in [5.74, 6) is 0.840. The molecule has 0 unspecified atom stereocenters. The topological polar surface area (TPSA) is 42.9 Å². The van der Waals surface area contributed by atoms with Gasteiger partial charge in [0, 0.05) is 64.1 Å². The molecular weight excluding hydrogens is 286 g/mol. The molecule has 1 aromatic rings. The van der Waals surface area contributed by atoms with Gasteiger partial charge in [-0.05, 0) is 18.2 Å². The van der Waals surface area contributed by atoms with Crippen LogP contribution < -0.4 is 15.5 Å². The molecule has 1 heterocycles. The van der Waals surface area contributed by atoms with Gasteiger partial charge in [-0.15, -0.1) is 0 Å². The molecule has 6 heteroatoms. The Morgan fingerprint density at radius 3 is 2.67 bits per heavy atom. The Kier molecular flexibility index (Phi) is 6.14. The van der Waals surface area contributed by atoms with Gasteiger partial charge in [0.2, 0.25) is 0 Å². The highest BCUT2D eigenvalue weighted by Gasteiger charge is 2.16. The second kappa shape index (κ2) is 8.10. The summed E-state index contributed by atoms with van der Waals surface area (Å²) in [6.07, 6.45) is 0. The first-order valence-corrected chi connectivity index (χ1v) is 7.72. The van der Waals surface area contributed by atoms with Gasteiger partial charge >= 0.3 is 0 Å². The Hall–Kier alpha value is -1.46. The van der Waals surface area contributed by atoms with Crippen molar-refractivity contribution >= 4 is 23.2 Å². The molecule has 21 heavy (non-hydrogen) atoms. The molecule has 2 N–H and O–H groups in total. The first-order valence-electron chi connectivity index (χ1n) is 7.34. The van der Waals surface area contributed by atoms with Gasteiger partial charge in [-0.2, -0.15) is 0 Å². The quantitative estimate of drug-likeness (QED) is 0.649. The first-order chi connectivity index (χ1) is 10.2. The number of piperazine rings is 1. The Morgan fingerprint density at radius 1 is 1.29 bits per heavy atom. The Balaban J connectivity index is 1.73. The zero-order valence-electron chi connectivity index (χ0n) is 12.8. The number of benzene rings is 1. The van der Waals surface area contributed by atoms with Crippen LogP contribution in [0.3, 0.4) is 0 Å². The number of nitrogens with one attached hydrogen (secondary N) is 2. The second-order valence-electron chi connectivity index (χ2n) is 5.06. The maximum absolute atomic E-state index is 6.06. The summed E-state index contributed by atoms with van der Waals surface area (Å²) in [4.78, 5) is 8.96. The maximum atomic E-state index is 6.06. The Bertz CT molecular complexity index is 469. The van der Waals surface area contributed by atoms with E-state index in [1.807, 2.05) is 25.2 Å². The van der Waals surface area contributed by atoms with Crippen LogP contribution in [0.4, 0.5) is 5.69 Å². The summed E-state index contributed by atoms with van der Waals surface area (Å²) in [6, 6.07) is 8.09. The highest BCUT2D eigenvalue weighted by atomic mass is 35.5. The van der Waals surface area contributed by atoms with Crippen molar-refractivity contribution < 1.29 is 0 Å². The zero-order valence-corrected chi connectivity index (χ0v) is 13.5. The first kappa shape index (κ1) is 15.9. The predicted octanol–water partition coefficient (Wildman–Crippen LogP) is 1.26. The van der Waals surface area contributed by atoms with Gasteiger partial charge < -0.3 is 15.5 Å². The van der Waals surface area contributed by atoms with Gasteiger partial charge in [-0.3, -0.25) is 9.89 Å². The van der Waals surface area contributed by atoms with E-state index in [2.05, 4.69) is 31.5 Å². The average Bonchev–Trinajstić information content (AvgIpc) is 2.52. The summed E-state index contributed by atoms with van der Waals surface area (Å²) >= 11 is 6.06. The van der Waals surface area contributed by atoms with E-state index in [4.69, 9.17) is 11.6 Å². The minimum absolute atomic E-state index is 0.803. The number of hydrogen-bond donors (Lipinski definition) is 2. The van der Waals surface area contributed by atoms with Gasteiger partial charge in [-0.25, -0.2) is 0 Å². The van der Waals surface area contributed by atoms with Crippen LogP contribution in [0.15, 0.2) is 29.3 Å². The third-order valence-electron chi connectivity index (χ3n) is 3.73. The summed E-state index contributed by atoms with van der Waals surface area (Å²) in [5, 5.41) is 7.11. The van der Waals surface area contributed by atoms with E-state index in [1.165, 1.54) is 5.69 Å². The second-order valence-corrected chi connectivity index (χ2v) is 5.49. The standard InChI is InChI=1S/C15H24ClN5/c1-17-15(18-2)19-6-7-20-8-10-21(11-9-20)14-5-3-4-13(16)12-14/h3-5,12H,6-11H2,1-2H3,(H2,17,18,19). The summed E-state index contributed by atoms with van der Waals surface area (Å²) < 4.78 is 0. The molecule has 0 saturated carbocycles. The zero-order chi connectivity index (χ0) is 15.1. The van der Waals surface area contributed by atoms with Crippen LogP contribution in [0.1, 0.15) is 0 Å². The van der Waals surface area contributed by atoms with E-state index in [9.17, 15) is 0 Å². The van der Waals surface area contributed by atoms with E-state index in [1.54, 1.807) is 7.05 Å². The molecule has 1 aromatic carbocycles.